The first kappa shape index (κ1) is 8.99. The molecule has 0 spiro atoms. The first-order chi connectivity index (χ1) is 5.59. The van der Waals surface area contributed by atoms with Crippen molar-refractivity contribution in [2.75, 3.05) is 6.61 Å². The van der Waals surface area contributed by atoms with Gasteiger partial charge in [0.15, 0.2) is 6.10 Å². The summed E-state index contributed by atoms with van der Waals surface area (Å²) in [4.78, 5) is 21.0. The van der Waals surface area contributed by atoms with Crippen LogP contribution in [-0.4, -0.2) is 35.7 Å². The van der Waals surface area contributed by atoms with Crippen molar-refractivity contribution in [1.82, 2.24) is 5.32 Å². The Bertz CT molecular complexity index is 204. The second-order valence-electron chi connectivity index (χ2n) is 2.79. The summed E-state index contributed by atoms with van der Waals surface area (Å²) in [6, 6.07) is -0.149. The molecule has 0 aromatic heterocycles. The van der Waals surface area contributed by atoms with Crippen LogP contribution in [0.4, 0.5) is 0 Å². The lowest BCUT2D eigenvalue weighted by Gasteiger charge is -2.06. The molecule has 5 heteroatoms. The second kappa shape index (κ2) is 3.53. The third kappa shape index (κ3) is 2.20. The van der Waals surface area contributed by atoms with Crippen molar-refractivity contribution in [2.45, 2.75) is 25.5 Å². The number of aliphatic carboxylic acids is 1. The normalized spacial score (nSPS) is 28.4. The molecule has 2 N–H and O–H groups in total. The summed E-state index contributed by atoms with van der Waals surface area (Å²) in [5.74, 6) is -1.13. The van der Waals surface area contributed by atoms with Crippen molar-refractivity contribution in [1.29, 1.82) is 0 Å². The van der Waals surface area contributed by atoms with Crippen LogP contribution < -0.4 is 5.32 Å². The lowest BCUT2D eigenvalue weighted by Crippen LogP contribution is -2.33. The SMILES string of the molecule is CC(=O)NC1COC(C(=O)O)C1. The summed E-state index contributed by atoms with van der Waals surface area (Å²) < 4.78 is 4.91. The zero-order valence-corrected chi connectivity index (χ0v) is 6.74. The van der Waals surface area contributed by atoms with Crippen LogP contribution in [0.15, 0.2) is 0 Å². The molecular formula is C7H11NO4. The number of carbonyl (C=O) groups is 2. The Morgan fingerprint density at radius 1 is 1.58 bits per heavy atom. The van der Waals surface area contributed by atoms with Crippen LogP contribution in [0.1, 0.15) is 13.3 Å². The predicted octanol–water partition coefficient (Wildman–Crippen LogP) is -0.635. The number of nitrogens with one attached hydrogen (secondary N) is 1. The Hall–Kier alpha value is -1.10. The van der Waals surface area contributed by atoms with Crippen LogP contribution in [0.2, 0.25) is 0 Å². The number of hydrogen-bond acceptors (Lipinski definition) is 3. The Morgan fingerprint density at radius 2 is 2.25 bits per heavy atom. The highest BCUT2D eigenvalue weighted by molar-refractivity contribution is 5.75. The van der Waals surface area contributed by atoms with Crippen LogP contribution in [-0.2, 0) is 14.3 Å². The van der Waals surface area contributed by atoms with Gasteiger partial charge in [-0.05, 0) is 0 Å². The van der Waals surface area contributed by atoms with Crippen LogP contribution >= 0.6 is 0 Å². The molecule has 1 aliphatic rings. The van der Waals surface area contributed by atoms with E-state index in [4.69, 9.17) is 9.84 Å². The van der Waals surface area contributed by atoms with E-state index in [1.165, 1.54) is 6.92 Å². The van der Waals surface area contributed by atoms with Gasteiger partial charge in [-0.25, -0.2) is 4.79 Å². The predicted molar refractivity (Wildman–Crippen MR) is 39.6 cm³/mol. The van der Waals surface area contributed by atoms with Crippen LogP contribution in [0.3, 0.4) is 0 Å². The zero-order valence-electron chi connectivity index (χ0n) is 6.74. The molecule has 2 atom stereocenters. The van der Waals surface area contributed by atoms with E-state index in [1.807, 2.05) is 0 Å². The Balaban J connectivity index is 2.35. The molecule has 0 radical (unpaired) electrons. The van der Waals surface area contributed by atoms with Crippen LogP contribution in [0, 0.1) is 0 Å². The number of carboxylic acid groups (broad SMARTS) is 1. The number of carbonyl (C=O) groups excluding carboxylic acids is 1. The van der Waals surface area contributed by atoms with Crippen LogP contribution in [0.25, 0.3) is 0 Å². The van der Waals surface area contributed by atoms with Gasteiger partial charge >= 0.3 is 5.97 Å². The van der Waals surface area contributed by atoms with E-state index in [2.05, 4.69) is 5.32 Å². The van der Waals surface area contributed by atoms with Gasteiger partial charge < -0.3 is 15.2 Å². The molecular weight excluding hydrogens is 162 g/mol. The van der Waals surface area contributed by atoms with Crippen molar-refractivity contribution in [3.05, 3.63) is 0 Å². The third-order valence-corrected chi connectivity index (χ3v) is 1.68. The van der Waals surface area contributed by atoms with Crippen molar-refractivity contribution in [3.63, 3.8) is 0 Å². The van der Waals surface area contributed by atoms with Gasteiger partial charge in [-0.15, -0.1) is 0 Å². The first-order valence-electron chi connectivity index (χ1n) is 3.71. The number of hydrogen-bond donors (Lipinski definition) is 2. The quantitative estimate of drug-likeness (QED) is 0.582. The van der Waals surface area contributed by atoms with E-state index in [0.29, 0.717) is 6.42 Å². The fourth-order valence-corrected chi connectivity index (χ4v) is 1.19. The van der Waals surface area contributed by atoms with Gasteiger partial charge in [-0.1, -0.05) is 0 Å². The summed E-state index contributed by atoms with van der Waals surface area (Å²) in [6.45, 7) is 1.69. The molecule has 1 aliphatic heterocycles. The summed E-state index contributed by atoms with van der Waals surface area (Å²) in [7, 11) is 0. The maximum absolute atomic E-state index is 10.6. The van der Waals surface area contributed by atoms with E-state index in [1.54, 1.807) is 0 Å². The standard InChI is InChI=1S/C7H11NO4/c1-4(9)8-5-2-6(7(10)11)12-3-5/h5-6H,2-3H2,1H3,(H,8,9)(H,10,11). The highest BCUT2D eigenvalue weighted by Gasteiger charge is 2.30. The highest BCUT2D eigenvalue weighted by atomic mass is 16.5. The minimum absolute atomic E-state index is 0.149. The largest absolute Gasteiger partial charge is 0.479 e. The summed E-state index contributed by atoms with van der Waals surface area (Å²) in [5.41, 5.74) is 0. The number of ether oxygens (including phenoxy) is 1. The molecule has 0 saturated carbocycles. The molecule has 1 heterocycles. The van der Waals surface area contributed by atoms with Gasteiger partial charge in [0.05, 0.1) is 12.6 Å². The number of amides is 1. The molecule has 2 unspecified atom stereocenters. The molecule has 0 bridgehead atoms. The van der Waals surface area contributed by atoms with E-state index >= 15 is 0 Å². The lowest BCUT2D eigenvalue weighted by atomic mass is 10.2. The molecule has 68 valence electrons. The molecule has 5 nitrogen and oxygen atoms in total. The van der Waals surface area contributed by atoms with Gasteiger partial charge in [0.1, 0.15) is 0 Å². The molecule has 1 fully saturated rings. The van der Waals surface area contributed by atoms with Crippen molar-refractivity contribution in [3.8, 4) is 0 Å². The second-order valence-corrected chi connectivity index (χ2v) is 2.79. The molecule has 0 aromatic rings. The highest BCUT2D eigenvalue weighted by Crippen LogP contribution is 2.12. The maximum atomic E-state index is 10.6. The minimum Gasteiger partial charge on any atom is -0.479 e. The molecule has 12 heavy (non-hydrogen) atoms. The fraction of sp³-hybridized carbons (Fsp3) is 0.714. The molecule has 1 rings (SSSR count). The van der Waals surface area contributed by atoms with Crippen molar-refractivity contribution >= 4 is 11.9 Å². The number of rotatable bonds is 2. The van der Waals surface area contributed by atoms with E-state index in [0.717, 1.165) is 0 Å². The minimum atomic E-state index is -0.970. The Morgan fingerprint density at radius 3 is 2.67 bits per heavy atom. The van der Waals surface area contributed by atoms with Gasteiger partial charge in [-0.3, -0.25) is 4.79 Å². The van der Waals surface area contributed by atoms with Gasteiger partial charge in [0, 0.05) is 13.3 Å². The van der Waals surface area contributed by atoms with E-state index in [-0.39, 0.29) is 18.6 Å². The Labute approximate surface area is 69.7 Å². The van der Waals surface area contributed by atoms with Gasteiger partial charge in [0.2, 0.25) is 5.91 Å². The average molecular weight is 173 g/mol. The average Bonchev–Trinajstić information content (AvgIpc) is 2.34. The van der Waals surface area contributed by atoms with Crippen molar-refractivity contribution < 1.29 is 19.4 Å². The smallest absolute Gasteiger partial charge is 0.332 e. The maximum Gasteiger partial charge on any atom is 0.332 e. The lowest BCUT2D eigenvalue weighted by molar-refractivity contribution is -0.147. The molecule has 0 aromatic carbocycles. The molecule has 0 aliphatic carbocycles. The zero-order chi connectivity index (χ0) is 9.14. The topological polar surface area (TPSA) is 75.6 Å². The third-order valence-electron chi connectivity index (χ3n) is 1.68. The Kier molecular flexibility index (Phi) is 2.65. The van der Waals surface area contributed by atoms with Crippen molar-refractivity contribution in [2.24, 2.45) is 0 Å². The van der Waals surface area contributed by atoms with E-state index < -0.39 is 12.1 Å². The van der Waals surface area contributed by atoms with Gasteiger partial charge in [-0.2, -0.15) is 0 Å². The molecule has 1 amide bonds. The van der Waals surface area contributed by atoms with Gasteiger partial charge in [0.25, 0.3) is 0 Å². The first-order valence-corrected chi connectivity index (χ1v) is 3.71. The van der Waals surface area contributed by atoms with E-state index in [9.17, 15) is 9.59 Å². The summed E-state index contributed by atoms with van der Waals surface area (Å²) in [5, 5.41) is 11.1. The summed E-state index contributed by atoms with van der Waals surface area (Å²) >= 11 is 0. The molecule has 1 saturated heterocycles. The summed E-state index contributed by atoms with van der Waals surface area (Å²) in [6.07, 6.45) is -0.406. The fourth-order valence-electron chi connectivity index (χ4n) is 1.19. The number of carboxylic acids is 1. The monoisotopic (exact) mass is 173 g/mol. The van der Waals surface area contributed by atoms with Crippen LogP contribution in [0.5, 0.6) is 0 Å².